The van der Waals surface area contributed by atoms with E-state index < -0.39 is 0 Å². The molecule has 2 aromatic carbocycles. The van der Waals surface area contributed by atoms with Crippen LogP contribution in [-0.2, 0) is 12.8 Å². The number of aryl methyl sites for hydroxylation is 2. The summed E-state index contributed by atoms with van der Waals surface area (Å²) in [6.07, 6.45) is 2.73. The van der Waals surface area contributed by atoms with E-state index >= 15 is 0 Å². The summed E-state index contributed by atoms with van der Waals surface area (Å²) in [6, 6.07) is 18.5. The van der Waals surface area contributed by atoms with Crippen molar-refractivity contribution in [2.45, 2.75) is 25.3 Å². The maximum atomic E-state index is 12.7. The summed E-state index contributed by atoms with van der Waals surface area (Å²) in [4.78, 5) is 14.6. The summed E-state index contributed by atoms with van der Waals surface area (Å²) >= 11 is 0. The molecule has 1 aliphatic heterocycles. The molecule has 1 amide bonds. The first-order valence-electron chi connectivity index (χ1n) is 7.91. The first-order valence-corrected chi connectivity index (χ1v) is 7.91. The molecule has 0 aromatic heterocycles. The van der Waals surface area contributed by atoms with Crippen LogP contribution in [0.4, 0.5) is 0 Å². The van der Waals surface area contributed by atoms with Crippen LogP contribution < -0.4 is 5.73 Å². The van der Waals surface area contributed by atoms with Crippen LogP contribution in [0.25, 0.3) is 0 Å². The Morgan fingerprint density at radius 2 is 1.77 bits per heavy atom. The molecule has 2 N–H and O–H groups in total. The highest BCUT2D eigenvalue weighted by atomic mass is 16.2. The summed E-state index contributed by atoms with van der Waals surface area (Å²) in [5, 5.41) is 0. The molecule has 1 fully saturated rings. The van der Waals surface area contributed by atoms with E-state index in [1.807, 2.05) is 29.2 Å². The van der Waals surface area contributed by atoms with Crippen molar-refractivity contribution in [3.63, 3.8) is 0 Å². The monoisotopic (exact) mass is 294 g/mol. The van der Waals surface area contributed by atoms with Crippen LogP contribution in [0.15, 0.2) is 54.6 Å². The minimum atomic E-state index is 0.122. The van der Waals surface area contributed by atoms with Crippen molar-refractivity contribution in [3.8, 4) is 0 Å². The molecule has 114 valence electrons. The van der Waals surface area contributed by atoms with E-state index in [0.717, 1.165) is 36.9 Å². The van der Waals surface area contributed by atoms with Crippen LogP contribution in [0, 0.1) is 0 Å². The molecule has 22 heavy (non-hydrogen) atoms. The number of nitrogens with zero attached hydrogens (tertiary/aromatic N) is 1. The lowest BCUT2D eigenvalue weighted by atomic mass is 9.99. The Balaban J connectivity index is 1.73. The largest absolute Gasteiger partial charge is 0.337 e. The lowest BCUT2D eigenvalue weighted by Crippen LogP contribution is -2.32. The third-order valence-electron chi connectivity index (χ3n) is 4.29. The number of rotatable bonds is 4. The molecule has 3 nitrogen and oxygen atoms in total. The smallest absolute Gasteiger partial charge is 0.254 e. The first-order chi connectivity index (χ1) is 10.7. The van der Waals surface area contributed by atoms with Gasteiger partial charge in [-0.3, -0.25) is 4.79 Å². The molecule has 0 unspecified atom stereocenters. The van der Waals surface area contributed by atoms with Crippen molar-refractivity contribution >= 4 is 5.91 Å². The minimum Gasteiger partial charge on any atom is -0.337 e. The van der Waals surface area contributed by atoms with Crippen molar-refractivity contribution in [2.75, 3.05) is 13.1 Å². The van der Waals surface area contributed by atoms with Crippen LogP contribution in [0.5, 0.6) is 0 Å². The zero-order valence-electron chi connectivity index (χ0n) is 12.7. The van der Waals surface area contributed by atoms with Crippen LogP contribution in [0.2, 0.25) is 0 Å². The Bertz CT molecular complexity index is 639. The standard InChI is InChI=1S/C19H22N2O/c20-17-12-13-21(14-17)19(22)18-9-5-4-8-16(18)11-10-15-6-2-1-3-7-15/h1-9,17H,10-14,20H2/t17-/m0/s1. The molecular weight excluding hydrogens is 272 g/mol. The number of carbonyl (C=O) groups is 1. The predicted octanol–water partition coefficient (Wildman–Crippen LogP) is 2.65. The maximum Gasteiger partial charge on any atom is 0.254 e. The highest BCUT2D eigenvalue weighted by Gasteiger charge is 2.25. The van der Waals surface area contributed by atoms with Gasteiger partial charge in [-0.15, -0.1) is 0 Å². The molecule has 0 aliphatic carbocycles. The average molecular weight is 294 g/mol. The average Bonchev–Trinajstić information content (AvgIpc) is 3.00. The SMILES string of the molecule is N[C@H]1CCN(C(=O)c2ccccc2CCc2ccccc2)C1. The zero-order chi connectivity index (χ0) is 15.4. The van der Waals surface area contributed by atoms with Gasteiger partial charge in [-0.1, -0.05) is 48.5 Å². The lowest BCUT2D eigenvalue weighted by Gasteiger charge is -2.18. The highest BCUT2D eigenvalue weighted by molar-refractivity contribution is 5.95. The fraction of sp³-hybridized carbons (Fsp3) is 0.316. The van der Waals surface area contributed by atoms with E-state index in [4.69, 9.17) is 5.73 Å². The summed E-state index contributed by atoms with van der Waals surface area (Å²) < 4.78 is 0. The number of amides is 1. The van der Waals surface area contributed by atoms with Gasteiger partial charge >= 0.3 is 0 Å². The van der Waals surface area contributed by atoms with Gasteiger partial charge in [0.2, 0.25) is 0 Å². The number of hydrogen-bond acceptors (Lipinski definition) is 2. The number of hydrogen-bond donors (Lipinski definition) is 1. The van der Waals surface area contributed by atoms with Crippen molar-refractivity contribution < 1.29 is 4.79 Å². The van der Waals surface area contributed by atoms with Crippen LogP contribution >= 0.6 is 0 Å². The van der Waals surface area contributed by atoms with E-state index in [1.54, 1.807) is 0 Å². The number of carbonyl (C=O) groups excluding carboxylic acids is 1. The molecule has 3 rings (SSSR count). The van der Waals surface area contributed by atoms with Gasteiger partial charge in [0.05, 0.1) is 0 Å². The van der Waals surface area contributed by atoms with E-state index in [9.17, 15) is 4.79 Å². The molecule has 0 spiro atoms. The molecule has 1 atom stereocenters. The Hall–Kier alpha value is -2.13. The highest BCUT2D eigenvalue weighted by Crippen LogP contribution is 2.18. The molecule has 0 bridgehead atoms. The van der Waals surface area contributed by atoms with Gasteiger partial charge in [-0.2, -0.15) is 0 Å². The minimum absolute atomic E-state index is 0.122. The zero-order valence-corrected chi connectivity index (χ0v) is 12.7. The molecule has 2 aromatic rings. The predicted molar refractivity (Wildman–Crippen MR) is 88.8 cm³/mol. The summed E-state index contributed by atoms with van der Waals surface area (Å²) in [7, 11) is 0. The van der Waals surface area contributed by atoms with Crippen molar-refractivity contribution in [2.24, 2.45) is 5.73 Å². The van der Waals surface area contributed by atoms with E-state index in [-0.39, 0.29) is 11.9 Å². The number of likely N-dealkylation sites (tertiary alicyclic amines) is 1. The van der Waals surface area contributed by atoms with Gasteiger partial charge in [0.15, 0.2) is 0 Å². The molecular formula is C19H22N2O. The third kappa shape index (κ3) is 3.37. The lowest BCUT2D eigenvalue weighted by molar-refractivity contribution is 0.0790. The van der Waals surface area contributed by atoms with Gasteiger partial charge < -0.3 is 10.6 Å². The second kappa shape index (κ2) is 6.75. The molecule has 0 saturated carbocycles. The quantitative estimate of drug-likeness (QED) is 0.942. The van der Waals surface area contributed by atoms with Crippen molar-refractivity contribution in [3.05, 3.63) is 71.3 Å². The Morgan fingerprint density at radius 3 is 2.50 bits per heavy atom. The fourth-order valence-corrected chi connectivity index (χ4v) is 3.01. The van der Waals surface area contributed by atoms with Crippen LogP contribution in [0.1, 0.15) is 27.9 Å². The number of benzene rings is 2. The molecule has 0 radical (unpaired) electrons. The molecule has 1 heterocycles. The maximum absolute atomic E-state index is 12.7. The van der Waals surface area contributed by atoms with Gasteiger partial charge in [-0.05, 0) is 36.5 Å². The first kappa shape index (κ1) is 14.8. The third-order valence-corrected chi connectivity index (χ3v) is 4.29. The van der Waals surface area contributed by atoms with E-state index in [0.29, 0.717) is 6.54 Å². The Kier molecular flexibility index (Phi) is 4.54. The van der Waals surface area contributed by atoms with Gasteiger partial charge in [0.25, 0.3) is 5.91 Å². The van der Waals surface area contributed by atoms with Crippen molar-refractivity contribution in [1.82, 2.24) is 4.90 Å². The fourth-order valence-electron chi connectivity index (χ4n) is 3.01. The Labute approximate surface area is 131 Å². The van der Waals surface area contributed by atoms with Gasteiger partial charge in [0.1, 0.15) is 0 Å². The Morgan fingerprint density at radius 1 is 1.05 bits per heavy atom. The van der Waals surface area contributed by atoms with Crippen LogP contribution in [0.3, 0.4) is 0 Å². The van der Waals surface area contributed by atoms with Crippen LogP contribution in [-0.4, -0.2) is 29.9 Å². The van der Waals surface area contributed by atoms with Gasteiger partial charge in [-0.25, -0.2) is 0 Å². The summed E-state index contributed by atoms with van der Waals surface area (Å²) in [5.41, 5.74) is 9.17. The van der Waals surface area contributed by atoms with E-state index in [1.165, 1.54) is 5.56 Å². The topological polar surface area (TPSA) is 46.3 Å². The summed E-state index contributed by atoms with van der Waals surface area (Å²) in [5.74, 6) is 0.122. The molecule has 1 saturated heterocycles. The molecule has 1 aliphatic rings. The second-order valence-corrected chi connectivity index (χ2v) is 5.94. The number of nitrogens with two attached hydrogens (primary N) is 1. The second-order valence-electron chi connectivity index (χ2n) is 5.94. The van der Waals surface area contributed by atoms with Crippen molar-refractivity contribution in [1.29, 1.82) is 0 Å². The van der Waals surface area contributed by atoms with Gasteiger partial charge in [0, 0.05) is 24.7 Å². The van der Waals surface area contributed by atoms with E-state index in [2.05, 4.69) is 30.3 Å². The molecule has 3 heteroatoms. The summed E-state index contributed by atoms with van der Waals surface area (Å²) in [6.45, 7) is 1.44. The normalized spacial score (nSPS) is 17.7.